The van der Waals surface area contributed by atoms with E-state index in [0.29, 0.717) is 0 Å². The molecule has 5 atom stereocenters. The minimum atomic E-state index is -1.52. The first kappa shape index (κ1) is 30.5. The number of nitrogens with zero attached hydrogens (tertiary/aromatic N) is 1. The number of carboxylic acid groups (broad SMARTS) is 1. The zero-order chi connectivity index (χ0) is 26.4. The van der Waals surface area contributed by atoms with Gasteiger partial charge in [0.2, 0.25) is 23.6 Å². The molecule has 5 unspecified atom stereocenters. The number of amides is 4. The van der Waals surface area contributed by atoms with Crippen molar-refractivity contribution < 1.29 is 39.3 Å². The molecule has 14 N–H and O–H groups in total. The van der Waals surface area contributed by atoms with Crippen LogP contribution in [0, 0.1) is 0 Å². The normalized spacial score (nSPS) is 15.1. The molecule has 0 spiro atoms. The third kappa shape index (κ3) is 11.9. The maximum Gasteiger partial charge on any atom is 0.326 e. The Morgan fingerprint density at radius 1 is 0.882 bits per heavy atom. The Balaban J connectivity index is 5.44. The molecule has 4 amide bonds. The van der Waals surface area contributed by atoms with Gasteiger partial charge in [0, 0.05) is 13.0 Å². The maximum atomic E-state index is 12.7. The molecular formula is C18H34N8O8. The van der Waals surface area contributed by atoms with Crippen LogP contribution in [0.2, 0.25) is 0 Å². The monoisotopic (exact) mass is 490 g/mol. The highest BCUT2D eigenvalue weighted by Gasteiger charge is 2.30. The molecule has 0 saturated carbocycles. The zero-order valence-corrected chi connectivity index (χ0v) is 18.8. The Hall–Kier alpha value is -3.50. The quantitative estimate of drug-likeness (QED) is 0.0552. The number of primary amides is 1. The van der Waals surface area contributed by atoms with Crippen LogP contribution >= 0.6 is 0 Å². The molecule has 34 heavy (non-hydrogen) atoms. The predicted molar refractivity (Wildman–Crippen MR) is 119 cm³/mol. The minimum absolute atomic E-state index is 0.0458. The van der Waals surface area contributed by atoms with E-state index in [1.165, 1.54) is 6.92 Å². The Labute approximate surface area is 195 Å². The third-order valence-electron chi connectivity index (χ3n) is 4.51. The van der Waals surface area contributed by atoms with Crippen molar-refractivity contribution >= 4 is 35.6 Å². The van der Waals surface area contributed by atoms with Gasteiger partial charge < -0.3 is 54.2 Å². The molecule has 0 aliphatic heterocycles. The van der Waals surface area contributed by atoms with Gasteiger partial charge in [0.1, 0.15) is 24.2 Å². The van der Waals surface area contributed by atoms with Gasteiger partial charge in [0.05, 0.1) is 12.7 Å². The van der Waals surface area contributed by atoms with E-state index in [-0.39, 0.29) is 38.2 Å². The van der Waals surface area contributed by atoms with Gasteiger partial charge in [0.15, 0.2) is 5.96 Å². The van der Waals surface area contributed by atoms with Crippen LogP contribution in [0.25, 0.3) is 0 Å². The second-order valence-corrected chi connectivity index (χ2v) is 7.42. The molecule has 0 rings (SSSR count). The van der Waals surface area contributed by atoms with E-state index in [0.717, 1.165) is 0 Å². The van der Waals surface area contributed by atoms with Crippen molar-refractivity contribution in [2.24, 2.45) is 27.9 Å². The van der Waals surface area contributed by atoms with Crippen molar-refractivity contribution in [3.05, 3.63) is 0 Å². The van der Waals surface area contributed by atoms with Crippen LogP contribution in [0.15, 0.2) is 4.99 Å². The van der Waals surface area contributed by atoms with Crippen LogP contribution in [0.1, 0.15) is 32.6 Å². The Kier molecular flexibility index (Phi) is 13.8. The van der Waals surface area contributed by atoms with Crippen molar-refractivity contribution in [3.63, 3.8) is 0 Å². The lowest BCUT2D eigenvalue weighted by Crippen LogP contribution is -2.59. The number of nitrogens with two attached hydrogens (primary N) is 4. The molecule has 16 nitrogen and oxygen atoms in total. The van der Waals surface area contributed by atoms with Gasteiger partial charge in [-0.05, 0) is 26.2 Å². The highest BCUT2D eigenvalue weighted by atomic mass is 16.4. The lowest BCUT2D eigenvalue weighted by molar-refractivity contribution is -0.142. The van der Waals surface area contributed by atoms with E-state index in [2.05, 4.69) is 20.9 Å². The first-order valence-corrected chi connectivity index (χ1v) is 10.3. The fourth-order valence-electron chi connectivity index (χ4n) is 2.54. The number of hydrogen-bond acceptors (Lipinski definition) is 9. The zero-order valence-electron chi connectivity index (χ0n) is 18.8. The van der Waals surface area contributed by atoms with Crippen molar-refractivity contribution in [1.82, 2.24) is 16.0 Å². The van der Waals surface area contributed by atoms with Gasteiger partial charge >= 0.3 is 5.97 Å². The summed E-state index contributed by atoms with van der Waals surface area (Å²) in [5, 5.41) is 34.8. The molecule has 0 heterocycles. The Bertz CT molecular complexity index is 756. The predicted octanol–water partition coefficient (Wildman–Crippen LogP) is -5.46. The molecule has 0 aromatic carbocycles. The summed E-state index contributed by atoms with van der Waals surface area (Å²) in [6.07, 6.45) is -1.67. The summed E-state index contributed by atoms with van der Waals surface area (Å²) < 4.78 is 0. The first-order valence-electron chi connectivity index (χ1n) is 10.3. The fraction of sp³-hybridized carbons (Fsp3) is 0.667. The van der Waals surface area contributed by atoms with E-state index in [9.17, 15) is 39.3 Å². The van der Waals surface area contributed by atoms with E-state index in [1.54, 1.807) is 0 Å². The van der Waals surface area contributed by atoms with Crippen LogP contribution in [0.3, 0.4) is 0 Å². The van der Waals surface area contributed by atoms with Gasteiger partial charge in [-0.3, -0.25) is 24.2 Å². The number of carbonyl (C=O) groups excluding carboxylic acids is 4. The van der Waals surface area contributed by atoms with Crippen molar-refractivity contribution in [2.75, 3.05) is 13.2 Å². The third-order valence-corrected chi connectivity index (χ3v) is 4.51. The van der Waals surface area contributed by atoms with Gasteiger partial charge in [-0.15, -0.1) is 0 Å². The first-order chi connectivity index (χ1) is 15.8. The fourth-order valence-corrected chi connectivity index (χ4v) is 2.54. The molecule has 0 aliphatic carbocycles. The van der Waals surface area contributed by atoms with Gasteiger partial charge in [-0.1, -0.05) is 0 Å². The molecule has 0 aliphatic rings. The molecular weight excluding hydrogens is 456 g/mol. The summed E-state index contributed by atoms with van der Waals surface area (Å²) in [5.74, 6) is -5.18. The number of aliphatic hydroxyl groups is 2. The Morgan fingerprint density at radius 3 is 1.88 bits per heavy atom. The number of guanidine groups is 1. The number of aliphatic imine (C=N–C) groups is 1. The number of carboxylic acids is 1. The number of nitrogens with one attached hydrogen (secondary N) is 3. The van der Waals surface area contributed by atoms with E-state index in [4.69, 9.17) is 22.9 Å². The molecule has 194 valence electrons. The number of aliphatic carboxylic acids is 1. The smallest absolute Gasteiger partial charge is 0.326 e. The summed E-state index contributed by atoms with van der Waals surface area (Å²) in [7, 11) is 0. The lowest BCUT2D eigenvalue weighted by Gasteiger charge is -2.24. The maximum absolute atomic E-state index is 12.7. The van der Waals surface area contributed by atoms with Crippen LogP contribution < -0.4 is 38.9 Å². The SMILES string of the molecule is CC(O)C(N)C(=O)NC(CO)C(=O)NC(CCCN=C(N)N)C(=O)NC(CCC(N)=O)C(=O)O. The summed E-state index contributed by atoms with van der Waals surface area (Å²) in [4.78, 5) is 63.4. The molecule has 0 aromatic rings. The van der Waals surface area contributed by atoms with Crippen molar-refractivity contribution in [1.29, 1.82) is 0 Å². The van der Waals surface area contributed by atoms with E-state index >= 15 is 0 Å². The average Bonchev–Trinajstić information content (AvgIpc) is 2.75. The summed E-state index contributed by atoms with van der Waals surface area (Å²) in [5.41, 5.74) is 21.0. The molecule has 16 heteroatoms. The molecule has 0 radical (unpaired) electrons. The lowest BCUT2D eigenvalue weighted by atomic mass is 10.1. The van der Waals surface area contributed by atoms with Gasteiger partial charge in [0.25, 0.3) is 0 Å². The van der Waals surface area contributed by atoms with E-state index in [1.807, 2.05) is 0 Å². The molecule has 0 bridgehead atoms. The van der Waals surface area contributed by atoms with Gasteiger partial charge in [-0.25, -0.2) is 4.79 Å². The Morgan fingerprint density at radius 2 is 1.41 bits per heavy atom. The van der Waals surface area contributed by atoms with Crippen LogP contribution in [-0.4, -0.2) is 94.3 Å². The minimum Gasteiger partial charge on any atom is -0.480 e. The summed E-state index contributed by atoms with van der Waals surface area (Å²) >= 11 is 0. The standard InChI is InChI=1S/C18H34N8O8/c1-8(28)13(20)16(32)26-11(7-27)15(31)24-9(3-2-6-23-18(21)22)14(30)25-10(17(33)34)4-5-12(19)29/h8-11,13,27-28H,2-7,20H2,1H3,(H2,19,29)(H,24,31)(H,25,30)(H,26,32)(H,33,34)(H4,21,22,23). The number of carbonyl (C=O) groups is 5. The number of rotatable bonds is 16. The second-order valence-electron chi connectivity index (χ2n) is 7.42. The topological polar surface area (TPSA) is 299 Å². The van der Waals surface area contributed by atoms with Gasteiger partial charge in [-0.2, -0.15) is 0 Å². The van der Waals surface area contributed by atoms with Crippen molar-refractivity contribution in [2.45, 2.75) is 62.9 Å². The number of aliphatic hydroxyl groups excluding tert-OH is 2. The van der Waals surface area contributed by atoms with Crippen molar-refractivity contribution in [3.8, 4) is 0 Å². The summed E-state index contributed by atoms with van der Waals surface area (Å²) in [6.45, 7) is 0.491. The molecule has 0 aromatic heterocycles. The molecule has 0 fully saturated rings. The van der Waals surface area contributed by atoms with Crippen LogP contribution in [0.5, 0.6) is 0 Å². The second kappa shape index (κ2) is 15.4. The largest absolute Gasteiger partial charge is 0.480 e. The highest BCUT2D eigenvalue weighted by Crippen LogP contribution is 2.04. The van der Waals surface area contributed by atoms with Crippen LogP contribution in [-0.2, 0) is 24.0 Å². The van der Waals surface area contributed by atoms with E-state index < -0.39 is 66.5 Å². The molecule has 0 saturated heterocycles. The summed E-state index contributed by atoms with van der Waals surface area (Å²) in [6, 6.07) is -5.67. The number of hydrogen-bond donors (Lipinski definition) is 10. The average molecular weight is 491 g/mol. The highest BCUT2D eigenvalue weighted by molar-refractivity contribution is 5.94. The van der Waals surface area contributed by atoms with Crippen LogP contribution in [0.4, 0.5) is 0 Å².